The molecule has 1 saturated carbocycles. The molecule has 4 atom stereocenters. The molecule has 29 heavy (non-hydrogen) atoms. The Balaban J connectivity index is 1.97. The number of fused-ring (bicyclic) bond motifs is 1. The molecule has 3 rings (SSSR count). The zero-order valence-corrected chi connectivity index (χ0v) is 18.6. The first-order chi connectivity index (χ1) is 13.6. The fourth-order valence-corrected chi connectivity index (χ4v) is 6.13. The lowest BCUT2D eigenvalue weighted by molar-refractivity contribution is -0.0454. The van der Waals surface area contributed by atoms with Gasteiger partial charge >= 0.3 is 5.97 Å². The molecule has 2 N–H and O–H groups in total. The van der Waals surface area contributed by atoms with Crippen LogP contribution in [0.2, 0.25) is 0 Å². The van der Waals surface area contributed by atoms with E-state index in [-0.39, 0.29) is 22.1 Å². The molecule has 3 heteroatoms. The van der Waals surface area contributed by atoms with Gasteiger partial charge in [-0.3, -0.25) is 0 Å². The molecule has 0 unspecified atom stereocenters. The monoisotopic (exact) mass is 396 g/mol. The van der Waals surface area contributed by atoms with Gasteiger partial charge in [0.25, 0.3) is 0 Å². The van der Waals surface area contributed by atoms with Crippen molar-refractivity contribution < 1.29 is 15.0 Å². The van der Waals surface area contributed by atoms with E-state index < -0.39 is 5.97 Å². The van der Waals surface area contributed by atoms with Gasteiger partial charge in [0, 0.05) is 0 Å². The van der Waals surface area contributed by atoms with Gasteiger partial charge in [-0.2, -0.15) is 0 Å². The zero-order valence-electron chi connectivity index (χ0n) is 18.6. The Morgan fingerprint density at radius 1 is 1.24 bits per heavy atom. The second kappa shape index (κ2) is 8.01. The van der Waals surface area contributed by atoms with Crippen LogP contribution in [0.5, 0.6) is 5.75 Å². The summed E-state index contributed by atoms with van der Waals surface area (Å²) in [6.45, 7) is 11.5. The Kier molecular flexibility index (Phi) is 5.98. The molecule has 1 aromatic carbocycles. The van der Waals surface area contributed by atoms with Gasteiger partial charge in [0.05, 0.1) is 5.56 Å². The van der Waals surface area contributed by atoms with E-state index in [0.29, 0.717) is 18.3 Å². The first kappa shape index (κ1) is 21.7. The lowest BCUT2D eigenvalue weighted by atomic mass is 9.47. The molecule has 3 nitrogen and oxygen atoms in total. The first-order valence-electron chi connectivity index (χ1n) is 10.9. The minimum Gasteiger partial charge on any atom is -0.508 e. The predicted molar refractivity (Wildman–Crippen MR) is 118 cm³/mol. The average molecular weight is 397 g/mol. The summed E-state index contributed by atoms with van der Waals surface area (Å²) in [5.74, 6) is 0.176. The fourth-order valence-electron chi connectivity index (χ4n) is 6.13. The number of hydrogen-bond acceptors (Lipinski definition) is 2. The first-order valence-corrected chi connectivity index (χ1v) is 10.9. The van der Waals surface area contributed by atoms with E-state index in [9.17, 15) is 15.0 Å². The highest BCUT2D eigenvalue weighted by Crippen LogP contribution is 2.61. The molecule has 2 aliphatic rings. The molecule has 0 amide bonds. The average Bonchev–Trinajstić information content (AvgIpc) is 2.64. The third kappa shape index (κ3) is 4.15. The maximum Gasteiger partial charge on any atom is 0.335 e. The number of hydrogen-bond donors (Lipinski definition) is 2. The van der Waals surface area contributed by atoms with Crippen molar-refractivity contribution in [2.24, 2.45) is 22.7 Å². The second-order valence-electron chi connectivity index (χ2n) is 10.1. The van der Waals surface area contributed by atoms with Gasteiger partial charge in [0.1, 0.15) is 5.75 Å². The number of aromatic carboxylic acids is 1. The van der Waals surface area contributed by atoms with Crippen molar-refractivity contribution in [2.45, 2.75) is 73.1 Å². The molecule has 0 radical (unpaired) electrons. The van der Waals surface area contributed by atoms with Crippen LogP contribution in [0.3, 0.4) is 0 Å². The summed E-state index contributed by atoms with van der Waals surface area (Å²) >= 11 is 0. The Bertz CT molecular complexity index is 846. The zero-order chi connectivity index (χ0) is 21.4. The third-order valence-corrected chi connectivity index (χ3v) is 7.85. The van der Waals surface area contributed by atoms with Crippen LogP contribution < -0.4 is 0 Å². The van der Waals surface area contributed by atoms with Crippen LogP contribution in [0, 0.1) is 22.7 Å². The quantitative estimate of drug-likeness (QED) is 0.540. The molecule has 0 spiro atoms. The minimum absolute atomic E-state index is 0.160. The molecule has 0 aliphatic heterocycles. The van der Waals surface area contributed by atoms with E-state index in [1.54, 1.807) is 6.07 Å². The number of carboxylic acids is 1. The highest BCUT2D eigenvalue weighted by Gasteiger charge is 2.53. The molecule has 0 aromatic heterocycles. The van der Waals surface area contributed by atoms with Crippen LogP contribution in [0.1, 0.15) is 82.6 Å². The van der Waals surface area contributed by atoms with Crippen LogP contribution in [-0.4, -0.2) is 16.2 Å². The van der Waals surface area contributed by atoms with Crippen LogP contribution in [0.4, 0.5) is 0 Å². The molecule has 0 saturated heterocycles. The predicted octanol–water partition coefficient (Wildman–Crippen LogP) is 6.77. The number of phenols is 1. The van der Waals surface area contributed by atoms with Crippen molar-refractivity contribution in [1.82, 2.24) is 0 Å². The third-order valence-electron chi connectivity index (χ3n) is 7.85. The molecule has 1 fully saturated rings. The van der Waals surface area contributed by atoms with Crippen LogP contribution >= 0.6 is 0 Å². The van der Waals surface area contributed by atoms with E-state index >= 15 is 0 Å². The molecule has 0 heterocycles. The van der Waals surface area contributed by atoms with Crippen molar-refractivity contribution in [3.05, 3.63) is 52.6 Å². The Hall–Kier alpha value is -2.03. The number of phenolic OH excluding ortho intramolecular Hbond substituents is 1. The number of allylic oxidation sites excluding steroid dienone is 4. The molecule has 2 aliphatic carbocycles. The maximum absolute atomic E-state index is 11.4. The van der Waals surface area contributed by atoms with Gasteiger partial charge in [-0.25, -0.2) is 4.79 Å². The van der Waals surface area contributed by atoms with Gasteiger partial charge in [0.15, 0.2) is 0 Å². The van der Waals surface area contributed by atoms with E-state index in [1.165, 1.54) is 42.5 Å². The Morgan fingerprint density at radius 3 is 2.62 bits per heavy atom. The van der Waals surface area contributed by atoms with E-state index in [4.69, 9.17) is 0 Å². The fraction of sp³-hybridized carbons (Fsp3) is 0.577. The van der Waals surface area contributed by atoms with Gasteiger partial charge in [-0.15, -0.1) is 0 Å². The number of rotatable bonds is 5. The summed E-state index contributed by atoms with van der Waals surface area (Å²) in [6.07, 6.45) is 11.4. The van der Waals surface area contributed by atoms with Gasteiger partial charge in [-0.05, 0) is 99.3 Å². The van der Waals surface area contributed by atoms with Crippen molar-refractivity contribution in [3.63, 3.8) is 0 Å². The van der Waals surface area contributed by atoms with Crippen LogP contribution in [0.15, 0.2) is 41.5 Å². The van der Waals surface area contributed by atoms with E-state index in [0.717, 1.165) is 18.4 Å². The van der Waals surface area contributed by atoms with Crippen molar-refractivity contribution in [2.75, 3.05) is 0 Å². The molecule has 158 valence electrons. The molecule has 0 bridgehead atoms. The number of carbonyl (C=O) groups is 1. The molecular weight excluding hydrogens is 360 g/mol. The van der Waals surface area contributed by atoms with Gasteiger partial charge < -0.3 is 10.2 Å². The second-order valence-corrected chi connectivity index (χ2v) is 10.1. The van der Waals surface area contributed by atoms with Crippen molar-refractivity contribution in [3.8, 4) is 5.75 Å². The topological polar surface area (TPSA) is 57.5 Å². The minimum atomic E-state index is -0.946. The summed E-state index contributed by atoms with van der Waals surface area (Å²) in [4.78, 5) is 11.4. The molecular formula is C26H36O3. The lowest BCUT2D eigenvalue weighted by Gasteiger charge is -2.58. The number of benzene rings is 1. The highest BCUT2D eigenvalue weighted by atomic mass is 16.4. The normalized spacial score (nSPS) is 31.6. The number of aromatic hydroxyl groups is 1. The van der Waals surface area contributed by atoms with E-state index in [1.807, 2.05) is 0 Å². The van der Waals surface area contributed by atoms with Crippen molar-refractivity contribution >= 4 is 5.97 Å². The summed E-state index contributed by atoms with van der Waals surface area (Å²) in [7, 11) is 0. The summed E-state index contributed by atoms with van der Waals surface area (Å²) in [6, 6.07) is 4.66. The largest absolute Gasteiger partial charge is 0.508 e. The Labute approximate surface area is 175 Å². The van der Waals surface area contributed by atoms with Gasteiger partial charge in [0.2, 0.25) is 0 Å². The van der Waals surface area contributed by atoms with Gasteiger partial charge in [-0.1, -0.05) is 43.6 Å². The van der Waals surface area contributed by atoms with Crippen LogP contribution in [0.25, 0.3) is 0 Å². The Morgan fingerprint density at radius 2 is 1.97 bits per heavy atom. The summed E-state index contributed by atoms with van der Waals surface area (Å²) < 4.78 is 0. The summed E-state index contributed by atoms with van der Waals surface area (Å²) in [5.41, 5.74) is 4.20. The smallest absolute Gasteiger partial charge is 0.335 e. The van der Waals surface area contributed by atoms with E-state index in [2.05, 4.69) is 46.8 Å². The number of carboxylic acid groups (broad SMARTS) is 1. The highest BCUT2D eigenvalue weighted by molar-refractivity contribution is 5.88. The summed E-state index contributed by atoms with van der Waals surface area (Å²) in [5, 5.41) is 19.8. The molecule has 1 aromatic rings. The lowest BCUT2D eigenvalue weighted by Crippen LogP contribution is -2.50. The maximum atomic E-state index is 11.4. The van der Waals surface area contributed by atoms with Crippen LogP contribution in [-0.2, 0) is 6.42 Å². The van der Waals surface area contributed by atoms with Crippen molar-refractivity contribution in [1.29, 1.82) is 0 Å². The standard InChI is InChI=1S/C26H36O3/c1-17(2)11-14-25(4)12-6-13-26(5)21(18(3)7-10-23(25)26)16-20-15-19(24(28)29)8-9-22(20)27/h7-9,11,15,21,23,27H,6,10,12-14,16H2,1-5H3,(H,28,29)/t21-,23+,25-,26-/m1/s1. The SMILES string of the molecule is CC(C)=CC[C@@]1(C)CCC[C@]2(C)[C@H](Cc3cc(C(=O)O)ccc3O)C(C)=CC[C@@H]12.